The first-order valence-corrected chi connectivity index (χ1v) is 12.1. The van der Waals surface area contributed by atoms with Crippen LogP contribution in [0.2, 0.25) is 0 Å². The molecule has 0 N–H and O–H groups in total. The van der Waals surface area contributed by atoms with Gasteiger partial charge in [-0.05, 0) is 41.5 Å². The zero-order chi connectivity index (χ0) is 24.5. The topological polar surface area (TPSA) is 51.1 Å². The lowest BCUT2D eigenvalue weighted by molar-refractivity contribution is 0.0538. The molecule has 0 spiro atoms. The predicted octanol–water partition coefficient (Wildman–Crippen LogP) is 6.23. The van der Waals surface area contributed by atoms with Gasteiger partial charge in [0.05, 0.1) is 18.9 Å². The van der Waals surface area contributed by atoms with E-state index >= 15 is 0 Å². The van der Waals surface area contributed by atoms with Crippen molar-refractivity contribution in [2.24, 2.45) is 5.10 Å². The van der Waals surface area contributed by atoms with Crippen LogP contribution in [-0.2, 0) is 0 Å². The summed E-state index contributed by atoms with van der Waals surface area (Å²) in [5.74, 6) is 1.36. The number of rotatable bonds is 6. The van der Waals surface area contributed by atoms with E-state index in [0.29, 0.717) is 11.3 Å². The van der Waals surface area contributed by atoms with Gasteiger partial charge in [0.1, 0.15) is 17.5 Å². The Labute approximate surface area is 210 Å². The third-order valence-corrected chi connectivity index (χ3v) is 6.93. The van der Waals surface area contributed by atoms with Crippen molar-refractivity contribution in [3.05, 3.63) is 131 Å². The second-order valence-electron chi connectivity index (χ2n) is 9.04. The fourth-order valence-electron chi connectivity index (χ4n) is 5.13. The van der Waals surface area contributed by atoms with E-state index < -0.39 is 6.10 Å². The number of hydrogen-bond acceptors (Lipinski definition) is 5. The molecule has 3 unspecified atom stereocenters. The summed E-state index contributed by atoms with van der Waals surface area (Å²) >= 11 is 0. The summed E-state index contributed by atoms with van der Waals surface area (Å²) in [4.78, 5) is 13.8. The van der Waals surface area contributed by atoms with Gasteiger partial charge in [-0.3, -0.25) is 9.80 Å². The average molecular weight is 475 g/mol. The Morgan fingerprint density at radius 2 is 1.53 bits per heavy atom. The first-order valence-electron chi connectivity index (χ1n) is 12.1. The SMILES string of the molecule is COc1ccc(C(=O)C2Oc3ccccc3C2N2N=C(c3ccccc3)CC2c2ccccc2)cc1. The zero-order valence-corrected chi connectivity index (χ0v) is 20.0. The Morgan fingerprint density at radius 1 is 0.861 bits per heavy atom. The highest BCUT2D eigenvalue weighted by atomic mass is 16.5. The van der Waals surface area contributed by atoms with Crippen LogP contribution < -0.4 is 9.47 Å². The number of Topliss-reactive ketones (excluding diaryl/α,β-unsaturated/α-hetero) is 1. The van der Waals surface area contributed by atoms with E-state index in [4.69, 9.17) is 14.6 Å². The quantitative estimate of drug-likeness (QED) is 0.311. The van der Waals surface area contributed by atoms with E-state index in [1.54, 1.807) is 31.4 Å². The maximum absolute atomic E-state index is 13.8. The molecule has 5 nitrogen and oxygen atoms in total. The monoisotopic (exact) mass is 474 g/mol. The number of para-hydroxylation sites is 1. The molecule has 178 valence electrons. The van der Waals surface area contributed by atoms with Crippen molar-refractivity contribution in [2.75, 3.05) is 7.11 Å². The molecule has 4 aromatic rings. The number of fused-ring (bicyclic) bond motifs is 1. The molecule has 2 aliphatic heterocycles. The van der Waals surface area contributed by atoms with Crippen molar-refractivity contribution in [2.45, 2.75) is 24.6 Å². The fourth-order valence-corrected chi connectivity index (χ4v) is 5.13. The molecule has 4 aromatic carbocycles. The molecule has 0 saturated carbocycles. The normalized spacial score (nSPS) is 20.4. The van der Waals surface area contributed by atoms with Crippen molar-refractivity contribution >= 4 is 11.5 Å². The summed E-state index contributed by atoms with van der Waals surface area (Å²) in [6.45, 7) is 0. The number of benzene rings is 4. The van der Waals surface area contributed by atoms with Crippen LogP contribution in [-0.4, -0.2) is 29.7 Å². The van der Waals surface area contributed by atoms with Gasteiger partial charge in [0.25, 0.3) is 0 Å². The van der Waals surface area contributed by atoms with Gasteiger partial charge in [0.2, 0.25) is 5.78 Å². The number of carbonyl (C=O) groups excluding carboxylic acids is 1. The largest absolute Gasteiger partial charge is 0.497 e. The van der Waals surface area contributed by atoms with Gasteiger partial charge in [-0.1, -0.05) is 78.9 Å². The Balaban J connectivity index is 1.44. The van der Waals surface area contributed by atoms with Crippen molar-refractivity contribution in [1.82, 2.24) is 5.01 Å². The van der Waals surface area contributed by atoms with E-state index in [1.165, 1.54) is 0 Å². The van der Waals surface area contributed by atoms with Crippen molar-refractivity contribution in [3.63, 3.8) is 0 Å². The zero-order valence-electron chi connectivity index (χ0n) is 20.0. The lowest BCUT2D eigenvalue weighted by Gasteiger charge is -2.32. The maximum Gasteiger partial charge on any atom is 0.205 e. The van der Waals surface area contributed by atoms with Crippen LogP contribution >= 0.6 is 0 Å². The summed E-state index contributed by atoms with van der Waals surface area (Å²) in [6, 6.07) is 35.3. The number of carbonyl (C=O) groups is 1. The highest BCUT2D eigenvalue weighted by molar-refractivity contribution is 6.02. The maximum atomic E-state index is 13.8. The van der Waals surface area contributed by atoms with Crippen molar-refractivity contribution in [1.29, 1.82) is 0 Å². The van der Waals surface area contributed by atoms with E-state index in [1.807, 2.05) is 60.7 Å². The number of hydrogen-bond donors (Lipinski definition) is 0. The molecule has 0 saturated heterocycles. The van der Waals surface area contributed by atoms with Crippen LogP contribution in [0.25, 0.3) is 0 Å². The predicted molar refractivity (Wildman–Crippen MR) is 140 cm³/mol. The first-order chi connectivity index (χ1) is 17.7. The molecule has 3 atom stereocenters. The minimum absolute atomic E-state index is 0.0210. The van der Waals surface area contributed by atoms with Gasteiger partial charge in [-0.2, -0.15) is 5.10 Å². The Kier molecular flexibility index (Phi) is 5.74. The van der Waals surface area contributed by atoms with E-state index in [9.17, 15) is 4.79 Å². The highest BCUT2D eigenvalue weighted by Gasteiger charge is 2.47. The van der Waals surface area contributed by atoms with Gasteiger partial charge in [0, 0.05) is 17.5 Å². The first kappa shape index (κ1) is 22.1. The summed E-state index contributed by atoms with van der Waals surface area (Å²) < 4.78 is 11.6. The van der Waals surface area contributed by atoms with E-state index in [-0.39, 0.29) is 17.9 Å². The van der Waals surface area contributed by atoms with Gasteiger partial charge in [0.15, 0.2) is 6.10 Å². The molecule has 2 aliphatic rings. The molecule has 0 bridgehead atoms. The Hall–Kier alpha value is -4.38. The number of methoxy groups -OCH3 is 1. The summed E-state index contributed by atoms with van der Waals surface area (Å²) in [5.41, 5.74) is 4.81. The van der Waals surface area contributed by atoms with Gasteiger partial charge in [-0.15, -0.1) is 0 Å². The van der Waals surface area contributed by atoms with Crippen LogP contribution in [0, 0.1) is 0 Å². The summed E-state index contributed by atoms with van der Waals surface area (Å²) in [6.07, 6.45) is 0.0248. The van der Waals surface area contributed by atoms with Gasteiger partial charge in [-0.25, -0.2) is 0 Å². The molecule has 0 aliphatic carbocycles. The van der Waals surface area contributed by atoms with Gasteiger partial charge >= 0.3 is 0 Å². The number of ketones is 1. The molecular formula is C31H26N2O3. The second-order valence-corrected chi connectivity index (χ2v) is 9.04. The molecule has 0 aromatic heterocycles. The minimum Gasteiger partial charge on any atom is -0.497 e. The number of ether oxygens (including phenoxy) is 2. The second kappa shape index (κ2) is 9.34. The Bertz CT molecular complexity index is 1400. The average Bonchev–Trinajstić information content (AvgIpc) is 3.56. The van der Waals surface area contributed by atoms with Crippen LogP contribution in [0.1, 0.15) is 45.6 Å². The van der Waals surface area contributed by atoms with Gasteiger partial charge < -0.3 is 9.47 Å². The van der Waals surface area contributed by atoms with E-state index in [2.05, 4.69) is 29.3 Å². The fraction of sp³-hybridized carbons (Fsp3) is 0.161. The molecule has 0 amide bonds. The Morgan fingerprint density at radius 3 is 2.25 bits per heavy atom. The molecule has 2 heterocycles. The third-order valence-electron chi connectivity index (χ3n) is 6.93. The standard InChI is InChI=1S/C31H26N2O3/c1-35-24-18-16-23(17-19-24)30(34)31-29(25-14-8-9-15-28(25)36-31)33-27(22-12-6-3-7-13-22)20-26(32-33)21-10-4-2-5-11-21/h2-19,27,29,31H,20H2,1H3. The molecular weight excluding hydrogens is 448 g/mol. The smallest absolute Gasteiger partial charge is 0.205 e. The minimum atomic E-state index is -0.721. The van der Waals surface area contributed by atoms with E-state index in [0.717, 1.165) is 34.6 Å². The van der Waals surface area contributed by atoms with Crippen LogP contribution in [0.3, 0.4) is 0 Å². The highest BCUT2D eigenvalue weighted by Crippen LogP contribution is 2.47. The molecule has 6 rings (SSSR count). The number of hydrazone groups is 1. The summed E-state index contributed by atoms with van der Waals surface area (Å²) in [5, 5.41) is 7.24. The van der Waals surface area contributed by atoms with Crippen LogP contribution in [0.4, 0.5) is 0 Å². The third kappa shape index (κ3) is 3.93. The molecule has 5 heteroatoms. The molecule has 0 fully saturated rings. The van der Waals surface area contributed by atoms with Crippen LogP contribution in [0.5, 0.6) is 11.5 Å². The van der Waals surface area contributed by atoms with Crippen molar-refractivity contribution in [3.8, 4) is 11.5 Å². The lowest BCUT2D eigenvalue weighted by atomic mass is 9.93. The lowest BCUT2D eigenvalue weighted by Crippen LogP contribution is -2.38. The van der Waals surface area contributed by atoms with Crippen molar-refractivity contribution < 1.29 is 14.3 Å². The molecule has 0 radical (unpaired) electrons. The van der Waals surface area contributed by atoms with Crippen LogP contribution in [0.15, 0.2) is 114 Å². The molecule has 36 heavy (non-hydrogen) atoms. The number of nitrogens with zero attached hydrogens (tertiary/aromatic N) is 2. The summed E-state index contributed by atoms with van der Waals surface area (Å²) in [7, 11) is 1.61.